The maximum Gasteiger partial charge on any atom is 0.160 e. The number of hydrogen-bond donors (Lipinski definition) is 0. The van der Waals surface area contributed by atoms with Gasteiger partial charge in [-0.05, 0) is 99.7 Å². The molecule has 2 heterocycles. The molecule has 228 valence electrons. The van der Waals surface area contributed by atoms with Gasteiger partial charge < -0.3 is 0 Å². The molecule has 0 unspecified atom stereocenters. The van der Waals surface area contributed by atoms with Gasteiger partial charge in [-0.1, -0.05) is 116 Å². The third-order valence-corrected chi connectivity index (χ3v) is 10.2. The number of fused-ring (bicyclic) bond motifs is 9. The number of rotatable bonds is 5. The van der Waals surface area contributed by atoms with Gasteiger partial charge in [-0.2, -0.15) is 0 Å². The quantitative estimate of drug-likeness (QED) is 0.181. The fraction of sp³-hybridized carbons (Fsp3) is 0.0889. The Labute approximate surface area is 281 Å². The lowest BCUT2D eigenvalue weighted by Gasteiger charge is -2.32. The predicted octanol–water partition coefficient (Wildman–Crippen LogP) is 10.9. The van der Waals surface area contributed by atoms with Crippen molar-refractivity contribution < 1.29 is 0 Å². The number of aromatic nitrogens is 3. The normalized spacial score (nSPS) is 15.2. The Hall–Kier alpha value is -5.93. The average molecular weight is 616 g/mol. The van der Waals surface area contributed by atoms with E-state index in [1.54, 1.807) is 6.20 Å². The molecule has 3 aliphatic rings. The van der Waals surface area contributed by atoms with Crippen molar-refractivity contribution in [2.75, 3.05) is 0 Å². The fourth-order valence-corrected chi connectivity index (χ4v) is 8.08. The Bertz CT molecular complexity index is 2310. The third-order valence-electron chi connectivity index (χ3n) is 10.2. The molecule has 0 amide bonds. The molecular weight excluding hydrogens is 583 g/mol. The summed E-state index contributed by atoms with van der Waals surface area (Å²) in [5.74, 6) is 0.705. The molecule has 1 spiro atoms. The summed E-state index contributed by atoms with van der Waals surface area (Å²) in [4.78, 5) is 14.8. The summed E-state index contributed by atoms with van der Waals surface area (Å²) < 4.78 is 0. The van der Waals surface area contributed by atoms with Crippen LogP contribution in [-0.4, -0.2) is 15.0 Å². The van der Waals surface area contributed by atoms with Crippen molar-refractivity contribution in [3.63, 3.8) is 0 Å². The Morgan fingerprint density at radius 1 is 0.708 bits per heavy atom. The van der Waals surface area contributed by atoms with E-state index >= 15 is 0 Å². The van der Waals surface area contributed by atoms with E-state index in [4.69, 9.17) is 9.97 Å². The van der Waals surface area contributed by atoms with E-state index in [1.165, 1.54) is 50.1 Å². The molecular formula is C45H33N3. The molecule has 3 nitrogen and oxygen atoms in total. The Balaban J connectivity index is 1.26. The first kappa shape index (κ1) is 28.3. The van der Waals surface area contributed by atoms with Crippen LogP contribution >= 0.6 is 0 Å². The first-order valence-corrected chi connectivity index (χ1v) is 16.6. The molecule has 0 atom stereocenters. The highest BCUT2D eigenvalue weighted by Crippen LogP contribution is 2.63. The summed E-state index contributed by atoms with van der Waals surface area (Å²) in [6.07, 6.45) is 14.4. The molecule has 0 aliphatic heterocycles. The van der Waals surface area contributed by atoms with E-state index in [2.05, 4.69) is 134 Å². The first-order chi connectivity index (χ1) is 23.7. The number of nitrogens with zero attached hydrogens (tertiary/aromatic N) is 3. The van der Waals surface area contributed by atoms with E-state index in [9.17, 15) is 0 Å². The monoisotopic (exact) mass is 615 g/mol. The van der Waals surface area contributed by atoms with Crippen molar-refractivity contribution in [2.24, 2.45) is 0 Å². The van der Waals surface area contributed by atoms with E-state index in [-0.39, 0.29) is 5.41 Å². The van der Waals surface area contributed by atoms with E-state index in [0.29, 0.717) is 5.82 Å². The molecule has 48 heavy (non-hydrogen) atoms. The second kappa shape index (κ2) is 11.1. The van der Waals surface area contributed by atoms with Crippen LogP contribution in [0.3, 0.4) is 0 Å². The molecule has 0 saturated carbocycles. The van der Waals surface area contributed by atoms with Crippen LogP contribution < -0.4 is 0 Å². The highest BCUT2D eigenvalue weighted by molar-refractivity contribution is 5.96. The van der Waals surface area contributed by atoms with Crippen molar-refractivity contribution in [1.82, 2.24) is 15.0 Å². The second-order valence-electron chi connectivity index (χ2n) is 12.8. The standard InChI is InChI=1S/C45H33N3/c1-3-11-29(2)30-19-21-31(22-20-30)42-27-43(33-12-10-25-46-28-33)48-44(47-42)32-23-24-37-36-15-6-9-18-40(36)45(41(37)26-32)38-16-7-4-13-34(38)35-14-5-8-17-39(35)45/h3-5,7-14,16-28H,1,6,15H2,2H3/b29-11+. The Morgan fingerprint density at radius 2 is 1.42 bits per heavy atom. The second-order valence-corrected chi connectivity index (χ2v) is 12.8. The molecule has 0 saturated heterocycles. The van der Waals surface area contributed by atoms with Gasteiger partial charge >= 0.3 is 0 Å². The van der Waals surface area contributed by atoms with Crippen LogP contribution in [-0.2, 0) is 5.41 Å². The van der Waals surface area contributed by atoms with Crippen molar-refractivity contribution >= 4 is 11.1 Å². The number of allylic oxidation sites excluding steroid dienone is 7. The van der Waals surface area contributed by atoms with E-state index in [1.807, 2.05) is 24.4 Å². The molecule has 0 radical (unpaired) electrons. The lowest BCUT2D eigenvalue weighted by molar-refractivity contribution is 0.780. The summed E-state index contributed by atoms with van der Waals surface area (Å²) in [5, 5.41) is 0. The molecule has 0 N–H and O–H groups in total. The molecule has 3 aliphatic carbocycles. The third kappa shape index (κ3) is 4.17. The molecule has 4 aromatic carbocycles. The van der Waals surface area contributed by atoms with Crippen LogP contribution in [0.15, 0.2) is 158 Å². The van der Waals surface area contributed by atoms with Gasteiger partial charge in [0, 0.05) is 29.1 Å². The average Bonchev–Trinajstić information content (AvgIpc) is 3.62. The summed E-state index contributed by atoms with van der Waals surface area (Å²) >= 11 is 0. The van der Waals surface area contributed by atoms with Crippen LogP contribution in [0.25, 0.3) is 56.2 Å². The smallest absolute Gasteiger partial charge is 0.160 e. The maximum absolute atomic E-state index is 5.24. The van der Waals surface area contributed by atoms with Gasteiger partial charge in [-0.25, -0.2) is 9.97 Å². The van der Waals surface area contributed by atoms with Crippen LogP contribution in [0.1, 0.15) is 47.6 Å². The van der Waals surface area contributed by atoms with Gasteiger partial charge in [-0.15, -0.1) is 0 Å². The minimum atomic E-state index is -0.374. The summed E-state index contributed by atoms with van der Waals surface area (Å²) in [5.41, 5.74) is 17.6. The number of benzene rings is 4. The highest BCUT2D eigenvalue weighted by atomic mass is 14.9. The number of hydrogen-bond acceptors (Lipinski definition) is 3. The predicted molar refractivity (Wildman–Crippen MR) is 197 cm³/mol. The van der Waals surface area contributed by atoms with Crippen LogP contribution in [0.5, 0.6) is 0 Å². The summed E-state index contributed by atoms with van der Waals surface area (Å²) in [7, 11) is 0. The van der Waals surface area contributed by atoms with Gasteiger partial charge in [0.2, 0.25) is 0 Å². The summed E-state index contributed by atoms with van der Waals surface area (Å²) in [6.45, 7) is 5.95. The lowest BCUT2D eigenvalue weighted by Crippen LogP contribution is -2.27. The minimum Gasteiger partial charge on any atom is -0.264 e. The van der Waals surface area contributed by atoms with Gasteiger partial charge in [0.15, 0.2) is 5.82 Å². The van der Waals surface area contributed by atoms with Crippen molar-refractivity contribution in [3.8, 4) is 45.0 Å². The molecule has 9 rings (SSSR count). The summed E-state index contributed by atoms with van der Waals surface area (Å²) in [6, 6.07) is 39.5. The fourth-order valence-electron chi connectivity index (χ4n) is 8.08. The molecule has 3 heteroatoms. The zero-order chi connectivity index (χ0) is 32.2. The van der Waals surface area contributed by atoms with Gasteiger partial charge in [0.1, 0.15) is 0 Å². The molecule has 6 aromatic rings. The van der Waals surface area contributed by atoms with E-state index in [0.717, 1.165) is 46.5 Å². The zero-order valence-corrected chi connectivity index (χ0v) is 26.8. The van der Waals surface area contributed by atoms with Gasteiger partial charge in [-0.3, -0.25) is 4.98 Å². The van der Waals surface area contributed by atoms with Crippen LogP contribution in [0.4, 0.5) is 0 Å². The van der Waals surface area contributed by atoms with E-state index < -0.39 is 0 Å². The van der Waals surface area contributed by atoms with Crippen LogP contribution in [0.2, 0.25) is 0 Å². The van der Waals surface area contributed by atoms with Crippen molar-refractivity contribution in [2.45, 2.75) is 25.2 Å². The first-order valence-electron chi connectivity index (χ1n) is 16.6. The SMILES string of the molecule is C=C/C=C(\C)c1ccc(-c2cc(-c3cccnc3)nc(-c3ccc4c(c3)C3(C5=C4CCC=C5)c4ccccc4-c4ccccc43)n2)cc1. The minimum absolute atomic E-state index is 0.374. The molecule has 0 bridgehead atoms. The van der Waals surface area contributed by atoms with Crippen molar-refractivity contribution in [1.29, 1.82) is 0 Å². The maximum atomic E-state index is 5.24. The van der Waals surface area contributed by atoms with Crippen LogP contribution in [0, 0.1) is 0 Å². The van der Waals surface area contributed by atoms with Gasteiger partial charge in [0.25, 0.3) is 0 Å². The number of pyridine rings is 1. The van der Waals surface area contributed by atoms with Gasteiger partial charge in [0.05, 0.1) is 16.8 Å². The highest BCUT2D eigenvalue weighted by Gasteiger charge is 2.52. The zero-order valence-electron chi connectivity index (χ0n) is 26.8. The lowest BCUT2D eigenvalue weighted by atomic mass is 9.69. The Morgan fingerprint density at radius 3 is 2.12 bits per heavy atom. The molecule has 2 aromatic heterocycles. The van der Waals surface area contributed by atoms with Crippen molar-refractivity contribution in [3.05, 3.63) is 186 Å². The topological polar surface area (TPSA) is 38.7 Å². The Kier molecular flexibility index (Phi) is 6.55. The molecule has 0 fully saturated rings. The largest absolute Gasteiger partial charge is 0.264 e.